The summed E-state index contributed by atoms with van der Waals surface area (Å²) in [6.45, 7) is 0.457. The van der Waals surface area contributed by atoms with Gasteiger partial charge in [0.05, 0.1) is 33.7 Å². The van der Waals surface area contributed by atoms with Crippen molar-refractivity contribution in [1.29, 1.82) is 0 Å². The molecule has 1 saturated heterocycles. The van der Waals surface area contributed by atoms with Gasteiger partial charge >= 0.3 is 0 Å². The standard InChI is InChI=1S/C22H15ClN6O2S/c23-14-7-4-8-15-17(14)22(30)28(13-5-2-1-3-6-13)19(27-15)16-9-10-31-29(16)20-18-21(25-11-24-20)32-12-26-18/h1-8,11-12,16H,9-10H2/t16-/m0/s1. The molecule has 3 aromatic heterocycles. The van der Waals surface area contributed by atoms with E-state index in [0.29, 0.717) is 51.8 Å². The van der Waals surface area contributed by atoms with Gasteiger partial charge in [0.1, 0.15) is 28.5 Å². The van der Waals surface area contributed by atoms with Crippen LogP contribution >= 0.6 is 22.9 Å². The van der Waals surface area contributed by atoms with Crippen molar-refractivity contribution in [2.24, 2.45) is 0 Å². The highest BCUT2D eigenvalue weighted by Gasteiger charge is 2.35. The normalized spacial score (nSPS) is 16.3. The van der Waals surface area contributed by atoms with Crippen molar-refractivity contribution in [3.05, 3.63) is 81.6 Å². The minimum absolute atomic E-state index is 0.227. The number of halogens is 1. The van der Waals surface area contributed by atoms with E-state index >= 15 is 0 Å². The van der Waals surface area contributed by atoms with E-state index in [-0.39, 0.29) is 11.6 Å². The molecule has 0 saturated carbocycles. The molecule has 6 rings (SSSR count). The number of thiazole rings is 1. The maximum atomic E-state index is 13.7. The van der Waals surface area contributed by atoms with E-state index in [4.69, 9.17) is 21.4 Å². The molecule has 0 spiro atoms. The van der Waals surface area contributed by atoms with Gasteiger partial charge in [0.15, 0.2) is 5.82 Å². The topological polar surface area (TPSA) is 86.0 Å². The van der Waals surface area contributed by atoms with Gasteiger partial charge in [-0.25, -0.2) is 25.0 Å². The highest BCUT2D eigenvalue weighted by atomic mass is 35.5. The molecule has 1 aliphatic heterocycles. The highest BCUT2D eigenvalue weighted by molar-refractivity contribution is 7.16. The van der Waals surface area contributed by atoms with Crippen molar-refractivity contribution < 1.29 is 4.84 Å². The molecule has 1 fully saturated rings. The summed E-state index contributed by atoms with van der Waals surface area (Å²) in [6.07, 6.45) is 2.12. The smallest absolute Gasteiger partial charge is 0.267 e. The van der Waals surface area contributed by atoms with Gasteiger partial charge in [-0.1, -0.05) is 35.9 Å². The van der Waals surface area contributed by atoms with E-state index in [0.717, 1.165) is 4.83 Å². The van der Waals surface area contributed by atoms with Crippen molar-refractivity contribution in [2.45, 2.75) is 12.5 Å². The summed E-state index contributed by atoms with van der Waals surface area (Å²) in [5.41, 5.74) is 3.40. The zero-order valence-electron chi connectivity index (χ0n) is 16.6. The molecule has 1 atom stereocenters. The van der Waals surface area contributed by atoms with E-state index in [1.54, 1.807) is 33.3 Å². The Morgan fingerprint density at radius 1 is 1.06 bits per heavy atom. The quantitative estimate of drug-likeness (QED) is 0.394. The molecule has 4 heterocycles. The zero-order valence-corrected chi connectivity index (χ0v) is 18.1. The molecule has 1 aliphatic rings. The van der Waals surface area contributed by atoms with Gasteiger partial charge < -0.3 is 0 Å². The van der Waals surface area contributed by atoms with Gasteiger partial charge in [0.25, 0.3) is 5.56 Å². The third-order valence-electron chi connectivity index (χ3n) is 5.41. The van der Waals surface area contributed by atoms with Gasteiger partial charge in [-0.05, 0) is 24.3 Å². The third kappa shape index (κ3) is 2.97. The maximum Gasteiger partial charge on any atom is 0.267 e. The Hall–Kier alpha value is -3.40. The van der Waals surface area contributed by atoms with E-state index in [2.05, 4.69) is 15.0 Å². The Balaban J connectivity index is 1.61. The molecule has 0 unspecified atom stereocenters. The number of benzene rings is 2. The first-order valence-corrected chi connectivity index (χ1v) is 11.2. The fourth-order valence-electron chi connectivity index (χ4n) is 4.01. The lowest BCUT2D eigenvalue weighted by Crippen LogP contribution is -2.31. The summed E-state index contributed by atoms with van der Waals surface area (Å²) in [5.74, 6) is 1.11. The number of hydrogen-bond donors (Lipinski definition) is 0. The lowest BCUT2D eigenvalue weighted by molar-refractivity contribution is 0.156. The van der Waals surface area contributed by atoms with E-state index in [1.807, 2.05) is 30.3 Å². The fourth-order valence-corrected chi connectivity index (χ4v) is 4.88. The molecule has 8 nitrogen and oxygen atoms in total. The van der Waals surface area contributed by atoms with Crippen molar-refractivity contribution >= 4 is 50.0 Å². The molecule has 0 radical (unpaired) electrons. The van der Waals surface area contributed by atoms with E-state index in [9.17, 15) is 4.79 Å². The number of fused-ring (bicyclic) bond motifs is 2. The van der Waals surface area contributed by atoms with Crippen LogP contribution in [0, 0.1) is 0 Å². The molecule has 5 aromatic rings. The number of hydrogen-bond acceptors (Lipinski definition) is 8. The summed E-state index contributed by atoms with van der Waals surface area (Å²) in [4.78, 5) is 38.5. The van der Waals surface area contributed by atoms with Crippen molar-refractivity contribution in [1.82, 2.24) is 24.5 Å². The molecule has 0 amide bonds. The van der Waals surface area contributed by atoms with Gasteiger partial charge in [-0.15, -0.1) is 11.3 Å². The second kappa shape index (κ2) is 7.63. The van der Waals surface area contributed by atoms with Crippen LogP contribution in [-0.4, -0.2) is 31.1 Å². The number of para-hydroxylation sites is 1. The van der Waals surface area contributed by atoms with E-state index < -0.39 is 0 Å². The Labute approximate surface area is 190 Å². The number of aromatic nitrogens is 5. The Bertz CT molecular complexity index is 1520. The molecule has 2 aromatic carbocycles. The first kappa shape index (κ1) is 19.3. The number of anilines is 1. The number of nitrogens with zero attached hydrogens (tertiary/aromatic N) is 6. The third-order valence-corrected chi connectivity index (χ3v) is 6.46. The molecular weight excluding hydrogens is 448 g/mol. The van der Waals surface area contributed by atoms with Gasteiger partial charge in [0, 0.05) is 6.42 Å². The second-order valence-corrected chi connectivity index (χ2v) is 8.49. The highest BCUT2D eigenvalue weighted by Crippen LogP contribution is 2.37. The van der Waals surface area contributed by atoms with Crippen LogP contribution in [0.5, 0.6) is 0 Å². The lowest BCUT2D eigenvalue weighted by Gasteiger charge is -2.25. The Morgan fingerprint density at radius 3 is 2.81 bits per heavy atom. The molecule has 10 heteroatoms. The second-order valence-electron chi connectivity index (χ2n) is 7.25. The predicted octanol–water partition coefficient (Wildman–Crippen LogP) is 4.32. The minimum Gasteiger partial charge on any atom is -0.271 e. The average Bonchev–Trinajstić information content (AvgIpc) is 3.49. The summed E-state index contributed by atoms with van der Waals surface area (Å²) in [5, 5.41) is 2.45. The SMILES string of the molecule is O=c1c2c(Cl)cccc2nc([C@@H]2CCON2c2ncnc3scnc23)n1-c1ccccc1. The van der Waals surface area contributed by atoms with E-state index in [1.165, 1.54) is 17.7 Å². The monoisotopic (exact) mass is 462 g/mol. The molecule has 0 aliphatic carbocycles. The molecular formula is C22H15ClN6O2S. The summed E-state index contributed by atoms with van der Waals surface area (Å²) >= 11 is 7.83. The minimum atomic E-state index is -0.355. The largest absolute Gasteiger partial charge is 0.271 e. The van der Waals surface area contributed by atoms with Crippen LogP contribution in [0.2, 0.25) is 5.02 Å². The van der Waals surface area contributed by atoms with Crippen LogP contribution < -0.4 is 10.6 Å². The Morgan fingerprint density at radius 2 is 1.94 bits per heavy atom. The van der Waals surface area contributed by atoms with Gasteiger partial charge in [0.2, 0.25) is 0 Å². The Kier molecular flexibility index (Phi) is 4.60. The summed E-state index contributed by atoms with van der Waals surface area (Å²) in [7, 11) is 0. The maximum absolute atomic E-state index is 13.7. The van der Waals surface area contributed by atoms with Crippen LogP contribution in [0.15, 0.2) is 65.2 Å². The first-order valence-electron chi connectivity index (χ1n) is 9.95. The average molecular weight is 463 g/mol. The predicted molar refractivity (Wildman–Crippen MR) is 123 cm³/mol. The molecule has 0 N–H and O–H groups in total. The number of hydroxylamine groups is 1. The van der Waals surface area contributed by atoms with Gasteiger partial charge in [-0.2, -0.15) is 0 Å². The zero-order chi connectivity index (χ0) is 21.7. The van der Waals surface area contributed by atoms with Crippen LogP contribution in [0.25, 0.3) is 26.9 Å². The van der Waals surface area contributed by atoms with Crippen molar-refractivity contribution in [3.8, 4) is 5.69 Å². The van der Waals surface area contributed by atoms with Crippen LogP contribution in [0.4, 0.5) is 5.82 Å². The molecule has 158 valence electrons. The van der Waals surface area contributed by atoms with Gasteiger partial charge in [-0.3, -0.25) is 14.2 Å². The van der Waals surface area contributed by atoms with Crippen LogP contribution in [0.1, 0.15) is 18.3 Å². The molecule has 0 bridgehead atoms. The number of rotatable bonds is 3. The lowest BCUT2D eigenvalue weighted by atomic mass is 10.1. The van der Waals surface area contributed by atoms with Crippen LogP contribution in [-0.2, 0) is 4.84 Å². The summed E-state index contributed by atoms with van der Waals surface area (Å²) < 4.78 is 1.61. The van der Waals surface area contributed by atoms with Crippen molar-refractivity contribution in [3.63, 3.8) is 0 Å². The first-order chi connectivity index (χ1) is 15.7. The van der Waals surface area contributed by atoms with Crippen LogP contribution in [0.3, 0.4) is 0 Å². The fraction of sp³-hybridized carbons (Fsp3) is 0.136. The summed E-state index contributed by atoms with van der Waals surface area (Å²) in [6, 6.07) is 14.4. The van der Waals surface area contributed by atoms with Crippen molar-refractivity contribution in [2.75, 3.05) is 11.7 Å². The molecule has 32 heavy (non-hydrogen) atoms.